The molecule has 0 aliphatic heterocycles. The van der Waals surface area contributed by atoms with E-state index in [0.29, 0.717) is 23.6 Å². The average molecular weight is 396 g/mol. The van der Waals surface area contributed by atoms with Crippen LogP contribution in [-0.4, -0.2) is 58.3 Å². The Bertz CT molecular complexity index is 1010. The van der Waals surface area contributed by atoms with Crippen molar-refractivity contribution in [2.75, 3.05) is 33.1 Å². The molecule has 0 aromatic carbocycles. The van der Waals surface area contributed by atoms with Gasteiger partial charge in [0, 0.05) is 44.8 Å². The lowest BCUT2D eigenvalue weighted by atomic mass is 10.1. The minimum absolute atomic E-state index is 0.196. The summed E-state index contributed by atoms with van der Waals surface area (Å²) in [5.41, 5.74) is 6.66. The first-order valence-corrected chi connectivity index (χ1v) is 9.05. The monoisotopic (exact) mass is 396 g/mol. The summed E-state index contributed by atoms with van der Waals surface area (Å²) in [7, 11) is 5.35. The van der Waals surface area contributed by atoms with Crippen LogP contribution in [0, 0.1) is 0 Å². The van der Waals surface area contributed by atoms with Gasteiger partial charge in [-0.05, 0) is 30.7 Å². The van der Waals surface area contributed by atoms with Crippen LogP contribution in [0.5, 0.6) is 0 Å². The molecule has 0 aliphatic rings. The number of rotatable bonds is 7. The zero-order valence-corrected chi connectivity index (χ0v) is 16.8. The second-order valence-corrected chi connectivity index (χ2v) is 6.37. The van der Waals surface area contributed by atoms with Crippen LogP contribution < -0.4 is 16.1 Å². The van der Waals surface area contributed by atoms with E-state index in [9.17, 15) is 4.79 Å². The van der Waals surface area contributed by atoms with Crippen LogP contribution in [-0.2, 0) is 4.84 Å². The number of aromatic nitrogens is 4. The predicted molar refractivity (Wildman–Crippen MR) is 111 cm³/mol. The van der Waals surface area contributed by atoms with E-state index in [4.69, 9.17) is 4.84 Å². The van der Waals surface area contributed by atoms with Gasteiger partial charge in [-0.3, -0.25) is 20.6 Å². The van der Waals surface area contributed by atoms with Gasteiger partial charge in [0.25, 0.3) is 5.95 Å². The summed E-state index contributed by atoms with van der Waals surface area (Å²) in [5, 5.41) is 9.75. The summed E-state index contributed by atoms with van der Waals surface area (Å²) in [6.07, 6.45) is 5.36. The van der Waals surface area contributed by atoms with Crippen molar-refractivity contribution in [2.24, 2.45) is 0 Å². The van der Waals surface area contributed by atoms with Crippen molar-refractivity contribution in [2.45, 2.75) is 6.92 Å². The third kappa shape index (κ3) is 4.79. The molecular weight excluding hydrogens is 372 g/mol. The van der Waals surface area contributed by atoms with Gasteiger partial charge in [-0.25, -0.2) is 9.31 Å². The SMILES string of the molecule is CCNC(=O)Nc1nc2cc(-c3cccnc3)cc(C(=CN(C)C)NOC)n2n1. The molecule has 3 N–H and O–H groups in total. The number of hydrogen-bond donors (Lipinski definition) is 3. The molecule has 0 atom stereocenters. The molecule has 0 unspecified atom stereocenters. The number of carbonyl (C=O) groups is 1. The van der Waals surface area contributed by atoms with Crippen molar-refractivity contribution in [1.82, 2.24) is 35.3 Å². The van der Waals surface area contributed by atoms with Crippen LogP contribution in [0.2, 0.25) is 0 Å². The Kier molecular flexibility index (Phi) is 6.25. The second-order valence-electron chi connectivity index (χ2n) is 6.37. The van der Waals surface area contributed by atoms with Crippen molar-refractivity contribution in [3.8, 4) is 11.1 Å². The maximum atomic E-state index is 11.9. The third-order valence-electron chi connectivity index (χ3n) is 3.87. The smallest absolute Gasteiger partial charge is 0.321 e. The molecule has 2 amide bonds. The number of anilines is 1. The topological polar surface area (TPSA) is 109 Å². The van der Waals surface area contributed by atoms with Gasteiger partial charge in [-0.1, -0.05) is 6.07 Å². The molecule has 3 aromatic heterocycles. The Balaban J connectivity index is 2.17. The van der Waals surface area contributed by atoms with E-state index in [-0.39, 0.29) is 12.0 Å². The summed E-state index contributed by atoms with van der Waals surface area (Å²) in [4.78, 5) is 27.6. The van der Waals surface area contributed by atoms with E-state index < -0.39 is 0 Å². The molecule has 0 fully saturated rings. The number of hydroxylamine groups is 1. The van der Waals surface area contributed by atoms with Gasteiger partial charge in [0.2, 0.25) is 0 Å². The van der Waals surface area contributed by atoms with Gasteiger partial charge in [-0.2, -0.15) is 4.98 Å². The summed E-state index contributed by atoms with van der Waals surface area (Å²) < 4.78 is 1.64. The fraction of sp³-hybridized carbons (Fsp3) is 0.263. The van der Waals surface area contributed by atoms with Gasteiger partial charge in [0.05, 0.1) is 12.8 Å². The summed E-state index contributed by atoms with van der Waals surface area (Å²) >= 11 is 0. The molecule has 0 saturated heterocycles. The molecule has 0 spiro atoms. The Labute approximate surface area is 168 Å². The number of pyridine rings is 2. The molecule has 3 rings (SSSR count). The van der Waals surface area contributed by atoms with Gasteiger partial charge in [0.15, 0.2) is 5.65 Å². The minimum atomic E-state index is -0.364. The molecule has 10 heteroatoms. The maximum absolute atomic E-state index is 11.9. The molecule has 0 radical (unpaired) electrons. The largest absolute Gasteiger partial charge is 0.382 e. The molecule has 0 bridgehead atoms. The fourth-order valence-corrected chi connectivity index (χ4v) is 2.75. The molecule has 3 aromatic rings. The molecular formula is C19H24N8O2. The van der Waals surface area contributed by atoms with E-state index in [1.54, 1.807) is 16.9 Å². The molecule has 0 saturated carbocycles. The lowest BCUT2D eigenvalue weighted by Gasteiger charge is -2.15. The van der Waals surface area contributed by atoms with E-state index in [0.717, 1.165) is 11.1 Å². The Morgan fingerprint density at radius 3 is 2.79 bits per heavy atom. The highest BCUT2D eigenvalue weighted by molar-refractivity contribution is 5.87. The van der Waals surface area contributed by atoms with Crippen molar-refractivity contribution in [3.63, 3.8) is 0 Å². The van der Waals surface area contributed by atoms with E-state index in [1.807, 2.05) is 56.4 Å². The minimum Gasteiger partial charge on any atom is -0.382 e. The lowest BCUT2D eigenvalue weighted by Crippen LogP contribution is -2.28. The fourth-order valence-electron chi connectivity index (χ4n) is 2.75. The quantitative estimate of drug-likeness (QED) is 0.524. The zero-order chi connectivity index (χ0) is 20.8. The molecule has 10 nitrogen and oxygen atoms in total. The van der Waals surface area contributed by atoms with Crippen molar-refractivity contribution >= 4 is 23.3 Å². The molecule has 0 aliphatic carbocycles. The van der Waals surface area contributed by atoms with Crippen LogP contribution in [0.3, 0.4) is 0 Å². The Morgan fingerprint density at radius 2 is 2.14 bits per heavy atom. The lowest BCUT2D eigenvalue weighted by molar-refractivity contribution is 0.135. The Morgan fingerprint density at radius 1 is 1.31 bits per heavy atom. The first-order valence-electron chi connectivity index (χ1n) is 9.05. The molecule has 152 valence electrons. The highest BCUT2D eigenvalue weighted by Gasteiger charge is 2.16. The second kappa shape index (κ2) is 9.02. The first-order chi connectivity index (χ1) is 14.0. The summed E-state index contributed by atoms with van der Waals surface area (Å²) in [6.45, 7) is 2.34. The van der Waals surface area contributed by atoms with E-state index >= 15 is 0 Å². The van der Waals surface area contributed by atoms with Gasteiger partial charge >= 0.3 is 6.03 Å². The van der Waals surface area contributed by atoms with Crippen LogP contribution in [0.15, 0.2) is 42.9 Å². The van der Waals surface area contributed by atoms with E-state index in [1.165, 1.54) is 7.11 Å². The number of fused-ring (bicyclic) bond motifs is 1. The Hall–Kier alpha value is -3.66. The number of nitrogens with one attached hydrogen (secondary N) is 3. The summed E-state index contributed by atoms with van der Waals surface area (Å²) in [6, 6.07) is 7.31. The number of hydrogen-bond acceptors (Lipinski definition) is 7. The number of nitrogens with zero attached hydrogens (tertiary/aromatic N) is 5. The highest BCUT2D eigenvalue weighted by atomic mass is 16.6. The molecule has 3 heterocycles. The maximum Gasteiger partial charge on any atom is 0.321 e. The predicted octanol–water partition coefficient (Wildman–Crippen LogP) is 1.94. The number of carbonyl (C=O) groups excluding carboxylic acids is 1. The number of amides is 2. The van der Waals surface area contributed by atoms with Crippen molar-refractivity contribution < 1.29 is 9.63 Å². The normalized spacial score (nSPS) is 11.4. The highest BCUT2D eigenvalue weighted by Crippen LogP contribution is 2.25. The van der Waals surface area contributed by atoms with Crippen LogP contribution in [0.4, 0.5) is 10.7 Å². The zero-order valence-electron chi connectivity index (χ0n) is 16.8. The average Bonchev–Trinajstić information content (AvgIpc) is 3.09. The van der Waals surface area contributed by atoms with Gasteiger partial charge < -0.3 is 10.2 Å². The standard InChI is InChI=1S/C19H24N8O2/c1-5-21-19(28)23-18-22-17-10-14(13-7-6-8-20-11-13)9-16(27(17)24-18)15(25-29-4)12-26(2)3/h6-12,25H,5H2,1-4H3,(H2,21,23,24,28). The van der Waals surface area contributed by atoms with Crippen LogP contribution in [0.25, 0.3) is 22.5 Å². The number of urea groups is 1. The van der Waals surface area contributed by atoms with Gasteiger partial charge in [-0.15, -0.1) is 5.10 Å². The molecule has 29 heavy (non-hydrogen) atoms. The van der Waals surface area contributed by atoms with Gasteiger partial charge in [0.1, 0.15) is 5.70 Å². The third-order valence-corrected chi connectivity index (χ3v) is 3.87. The van der Waals surface area contributed by atoms with Crippen LogP contribution in [0.1, 0.15) is 12.6 Å². The van der Waals surface area contributed by atoms with Crippen molar-refractivity contribution in [1.29, 1.82) is 0 Å². The van der Waals surface area contributed by atoms with Crippen LogP contribution >= 0.6 is 0 Å². The van der Waals surface area contributed by atoms with E-state index in [2.05, 4.69) is 31.2 Å². The first kappa shape index (κ1) is 20.1. The summed E-state index contributed by atoms with van der Waals surface area (Å²) in [5.74, 6) is 0.196. The van der Waals surface area contributed by atoms with Crippen molar-refractivity contribution in [3.05, 3.63) is 48.6 Å².